The normalized spacial score (nSPS) is 15.3. The molecule has 3 rings (SSSR count). The number of hydrogen-bond donors (Lipinski definition) is 3. The van der Waals surface area contributed by atoms with Crippen LogP contribution in [0, 0.1) is 0 Å². The van der Waals surface area contributed by atoms with E-state index >= 15 is 0 Å². The van der Waals surface area contributed by atoms with Crippen LogP contribution in [0.2, 0.25) is 0 Å². The first-order chi connectivity index (χ1) is 8.81. The van der Waals surface area contributed by atoms with Crippen LogP contribution < -0.4 is 21.5 Å². The molecule has 6 heteroatoms. The van der Waals surface area contributed by atoms with Crippen molar-refractivity contribution in [2.45, 2.75) is 6.04 Å². The van der Waals surface area contributed by atoms with Gasteiger partial charge in [-0.05, 0) is 24.3 Å². The van der Waals surface area contributed by atoms with Gasteiger partial charge in [0.15, 0.2) is 0 Å². The Balaban J connectivity index is 1.57. The van der Waals surface area contributed by atoms with Crippen molar-refractivity contribution in [1.82, 2.24) is 4.98 Å². The third kappa shape index (κ3) is 2.39. The first kappa shape index (κ1) is 11.3. The number of thiazole rings is 1. The average molecular weight is 261 g/mol. The topological polar surface area (TPSA) is 66.2 Å². The van der Waals surface area contributed by atoms with Crippen molar-refractivity contribution in [1.29, 1.82) is 0 Å². The van der Waals surface area contributed by atoms with Gasteiger partial charge in [-0.25, -0.2) is 4.98 Å². The molecule has 0 saturated carbocycles. The summed E-state index contributed by atoms with van der Waals surface area (Å²) in [4.78, 5) is 6.40. The molecular formula is C12H15N5S. The molecule has 0 bridgehead atoms. The summed E-state index contributed by atoms with van der Waals surface area (Å²) in [5.41, 5.74) is 14.2. The lowest BCUT2D eigenvalue weighted by molar-refractivity contribution is 0.519. The first-order valence-electron chi connectivity index (χ1n) is 5.83. The summed E-state index contributed by atoms with van der Waals surface area (Å²) in [6, 6.07) is 8.60. The zero-order valence-electron chi connectivity index (χ0n) is 9.84. The molecule has 1 aromatic carbocycles. The third-order valence-electron chi connectivity index (χ3n) is 2.89. The Morgan fingerprint density at radius 2 is 2.00 bits per heavy atom. The number of nitrogens with one attached hydrogen (secondary N) is 2. The molecule has 94 valence electrons. The van der Waals surface area contributed by atoms with Gasteiger partial charge in [0.05, 0.1) is 5.69 Å². The van der Waals surface area contributed by atoms with Gasteiger partial charge in [0.25, 0.3) is 0 Å². The number of aromatic nitrogens is 1. The molecule has 2 heterocycles. The highest BCUT2D eigenvalue weighted by Crippen LogP contribution is 2.22. The van der Waals surface area contributed by atoms with Crippen LogP contribution in [0.15, 0.2) is 35.8 Å². The first-order valence-corrected chi connectivity index (χ1v) is 6.71. The molecule has 1 saturated heterocycles. The second-order valence-corrected chi connectivity index (χ2v) is 5.19. The fourth-order valence-corrected chi connectivity index (χ4v) is 2.37. The Morgan fingerprint density at radius 1 is 1.22 bits per heavy atom. The zero-order valence-corrected chi connectivity index (χ0v) is 10.7. The summed E-state index contributed by atoms with van der Waals surface area (Å²) in [6.45, 7) is 1.90. The third-order valence-corrected chi connectivity index (χ3v) is 3.58. The van der Waals surface area contributed by atoms with Gasteiger partial charge in [-0.1, -0.05) is 0 Å². The highest BCUT2D eigenvalue weighted by Gasteiger charge is 2.22. The van der Waals surface area contributed by atoms with E-state index in [0.29, 0.717) is 6.04 Å². The lowest BCUT2D eigenvalue weighted by atomic mass is 10.1. The van der Waals surface area contributed by atoms with Crippen molar-refractivity contribution in [2.75, 3.05) is 28.8 Å². The zero-order chi connectivity index (χ0) is 12.4. The predicted octanol–water partition coefficient (Wildman–Crippen LogP) is 1.73. The number of hydrazine groups is 1. The van der Waals surface area contributed by atoms with Gasteiger partial charge in [-0.3, -0.25) is 10.9 Å². The van der Waals surface area contributed by atoms with Crippen LogP contribution in [0.5, 0.6) is 0 Å². The fraction of sp³-hybridized carbons (Fsp3) is 0.250. The molecule has 2 aromatic rings. The highest BCUT2D eigenvalue weighted by atomic mass is 32.1. The van der Waals surface area contributed by atoms with Crippen molar-refractivity contribution >= 4 is 27.8 Å². The molecule has 5 nitrogen and oxygen atoms in total. The van der Waals surface area contributed by atoms with E-state index in [1.165, 1.54) is 5.69 Å². The molecule has 0 radical (unpaired) electrons. The van der Waals surface area contributed by atoms with E-state index in [9.17, 15) is 0 Å². The van der Waals surface area contributed by atoms with Gasteiger partial charge in [0.1, 0.15) is 0 Å². The summed E-state index contributed by atoms with van der Waals surface area (Å²) in [7, 11) is 0. The van der Waals surface area contributed by atoms with Gasteiger partial charge in [-0.2, -0.15) is 0 Å². The van der Waals surface area contributed by atoms with E-state index in [2.05, 4.69) is 32.9 Å². The molecule has 1 fully saturated rings. The minimum absolute atomic E-state index is 0.328. The Hall–Kier alpha value is -1.79. The molecular weight excluding hydrogens is 246 g/mol. The summed E-state index contributed by atoms with van der Waals surface area (Å²) in [6.07, 6.45) is 1.77. The van der Waals surface area contributed by atoms with Crippen molar-refractivity contribution in [3.63, 3.8) is 0 Å². The Bertz CT molecular complexity index is 490. The van der Waals surface area contributed by atoms with Crippen molar-refractivity contribution < 1.29 is 0 Å². The summed E-state index contributed by atoms with van der Waals surface area (Å²) in [5, 5.41) is 2.79. The smallest absolute Gasteiger partial charge is 0.201 e. The maximum atomic E-state index is 5.77. The molecule has 18 heavy (non-hydrogen) atoms. The largest absolute Gasteiger partial charge is 0.368 e. The van der Waals surface area contributed by atoms with E-state index in [0.717, 1.165) is 23.9 Å². The van der Waals surface area contributed by atoms with Crippen LogP contribution >= 0.6 is 11.3 Å². The van der Waals surface area contributed by atoms with Gasteiger partial charge < -0.3 is 10.6 Å². The molecule has 1 aliphatic rings. The number of hydrogen-bond acceptors (Lipinski definition) is 6. The van der Waals surface area contributed by atoms with E-state index in [1.54, 1.807) is 17.5 Å². The Kier molecular flexibility index (Phi) is 3.04. The predicted molar refractivity (Wildman–Crippen MR) is 76.0 cm³/mol. The monoisotopic (exact) mass is 261 g/mol. The molecule has 0 atom stereocenters. The molecule has 0 spiro atoms. The minimum atomic E-state index is 0.328. The van der Waals surface area contributed by atoms with Crippen LogP contribution in [-0.4, -0.2) is 24.1 Å². The second-order valence-electron chi connectivity index (χ2n) is 4.30. The Morgan fingerprint density at radius 3 is 2.61 bits per heavy atom. The number of rotatable bonds is 4. The molecule has 4 N–H and O–H groups in total. The Labute approximate surface area is 110 Å². The van der Waals surface area contributed by atoms with E-state index < -0.39 is 0 Å². The summed E-state index contributed by atoms with van der Waals surface area (Å²) in [5.74, 6) is 0. The number of anilines is 3. The van der Waals surface area contributed by atoms with Crippen molar-refractivity contribution in [2.24, 2.45) is 5.73 Å². The molecule has 1 aliphatic heterocycles. The number of nitrogens with two attached hydrogens (primary N) is 1. The molecule has 0 amide bonds. The van der Waals surface area contributed by atoms with Crippen LogP contribution in [-0.2, 0) is 0 Å². The quantitative estimate of drug-likeness (QED) is 0.731. The second kappa shape index (κ2) is 4.83. The van der Waals surface area contributed by atoms with Crippen molar-refractivity contribution in [3.05, 3.63) is 35.8 Å². The SMILES string of the molecule is NC1CN(c2ccc(NNc3nccs3)cc2)C1. The van der Waals surface area contributed by atoms with Gasteiger partial charge in [0, 0.05) is 36.4 Å². The van der Waals surface area contributed by atoms with Gasteiger partial charge >= 0.3 is 0 Å². The fourth-order valence-electron chi connectivity index (χ4n) is 1.89. The maximum absolute atomic E-state index is 5.77. The average Bonchev–Trinajstić information content (AvgIpc) is 2.86. The summed E-state index contributed by atoms with van der Waals surface area (Å²) >= 11 is 1.56. The van der Waals surface area contributed by atoms with Crippen LogP contribution in [0.3, 0.4) is 0 Å². The minimum Gasteiger partial charge on any atom is -0.368 e. The lowest BCUT2D eigenvalue weighted by Gasteiger charge is -2.38. The van der Waals surface area contributed by atoms with E-state index in [1.807, 2.05) is 17.5 Å². The molecule has 0 aliphatic carbocycles. The van der Waals surface area contributed by atoms with Gasteiger partial charge in [0.2, 0.25) is 5.13 Å². The van der Waals surface area contributed by atoms with Crippen LogP contribution in [0.1, 0.15) is 0 Å². The van der Waals surface area contributed by atoms with E-state index in [-0.39, 0.29) is 0 Å². The van der Waals surface area contributed by atoms with Crippen molar-refractivity contribution in [3.8, 4) is 0 Å². The molecule has 1 aromatic heterocycles. The van der Waals surface area contributed by atoms with Crippen LogP contribution in [0.25, 0.3) is 0 Å². The number of nitrogens with zero attached hydrogens (tertiary/aromatic N) is 2. The van der Waals surface area contributed by atoms with Crippen LogP contribution in [0.4, 0.5) is 16.5 Å². The maximum Gasteiger partial charge on any atom is 0.201 e. The standard InChI is InChI=1S/C12H15N5S/c13-9-7-17(8-9)11-3-1-10(2-4-11)15-16-12-14-5-6-18-12/h1-6,9,15H,7-8,13H2,(H,14,16). The highest BCUT2D eigenvalue weighted by molar-refractivity contribution is 7.13. The van der Waals surface area contributed by atoms with Gasteiger partial charge in [-0.15, -0.1) is 11.3 Å². The number of benzene rings is 1. The van der Waals surface area contributed by atoms with E-state index in [4.69, 9.17) is 5.73 Å². The summed E-state index contributed by atoms with van der Waals surface area (Å²) < 4.78 is 0. The molecule has 0 unspecified atom stereocenters. The lowest BCUT2D eigenvalue weighted by Crippen LogP contribution is -2.55.